The number of carbonyl (C=O) groups excluding carboxylic acids is 4. The van der Waals surface area contributed by atoms with E-state index in [-0.39, 0.29) is 68.3 Å². The number of Topliss-reactive ketones (excluding diaryl/α,β-unsaturated/α-hetero) is 1. The molecule has 3 saturated heterocycles. The standard InChI is InChI=1S/C44H69N3O12/c1-3-52-43(50)38-24-36-41(59-36)40-33(18-12-20-35(40)58-38)55-26-29(56-42(49)30(46)16-7-9-21-47-27(2)45)25-54-32-17-11-19-34-39(32)31(48)23-37(57-34)44(51)53-22-10-8-15-28-13-5-4-6-14-28/h11,17,28-30,32-41H,3-10,12-16,18-26,46H2,1-2H3,(H2,45,47)/t29?,30-,32?,33?,34?,35?,36?,37?,38?,39?,40?,41?/m0/s1. The highest BCUT2D eigenvalue weighted by atomic mass is 16.6. The first kappa shape index (κ1) is 45.6. The number of hydrogen-bond donors (Lipinski definition) is 2. The molecule has 2 saturated carbocycles. The lowest BCUT2D eigenvalue weighted by Crippen LogP contribution is -2.51. The summed E-state index contributed by atoms with van der Waals surface area (Å²) < 4.78 is 48.3. The number of epoxide rings is 1. The summed E-state index contributed by atoms with van der Waals surface area (Å²) in [7, 11) is 0. The van der Waals surface area contributed by atoms with Crippen LogP contribution in [0.5, 0.6) is 0 Å². The van der Waals surface area contributed by atoms with E-state index in [0.29, 0.717) is 44.7 Å². The van der Waals surface area contributed by atoms with Crippen LogP contribution in [-0.2, 0) is 57.1 Å². The molecule has 0 aromatic carbocycles. The molecule has 11 unspecified atom stereocenters. The van der Waals surface area contributed by atoms with Crippen molar-refractivity contribution < 1.29 is 57.1 Å². The zero-order valence-electron chi connectivity index (χ0n) is 35.2. The SMILES string of the molecule is CCOC(=O)C1CC2OC2C2C(OCC(COC3C=CCC4OC(C(=O)OCCCCC5CCCCC5)CC(=O)C34)OC(=O)[C@@H](N)CCCCN=C(C)N)CCCC2O1. The van der Waals surface area contributed by atoms with E-state index in [9.17, 15) is 19.2 Å². The Hall–Kier alpha value is -2.95. The van der Waals surface area contributed by atoms with Crippen molar-refractivity contribution in [2.75, 3.05) is 33.0 Å². The van der Waals surface area contributed by atoms with Crippen LogP contribution in [-0.4, -0.2) is 123 Å². The summed E-state index contributed by atoms with van der Waals surface area (Å²) in [6, 6.07) is -0.865. The van der Waals surface area contributed by atoms with Gasteiger partial charge < -0.3 is 49.4 Å². The zero-order valence-corrected chi connectivity index (χ0v) is 35.2. The van der Waals surface area contributed by atoms with Crippen molar-refractivity contribution in [1.82, 2.24) is 0 Å². The van der Waals surface area contributed by atoms with Gasteiger partial charge >= 0.3 is 17.9 Å². The van der Waals surface area contributed by atoms with Gasteiger partial charge in [0.05, 0.1) is 74.8 Å². The summed E-state index contributed by atoms with van der Waals surface area (Å²) in [5, 5.41) is 0. The van der Waals surface area contributed by atoms with Crippen molar-refractivity contribution in [1.29, 1.82) is 0 Å². The number of fused-ring (bicyclic) bond motifs is 4. The lowest BCUT2D eigenvalue weighted by atomic mass is 9.81. The Morgan fingerprint density at radius 3 is 2.46 bits per heavy atom. The van der Waals surface area contributed by atoms with E-state index in [1.165, 1.54) is 38.5 Å². The molecule has 0 radical (unpaired) electrons. The van der Waals surface area contributed by atoms with Crippen LogP contribution in [0.4, 0.5) is 0 Å². The summed E-state index contributed by atoms with van der Waals surface area (Å²) in [4.78, 5) is 56.8. The maximum absolute atomic E-state index is 13.6. The second kappa shape index (κ2) is 22.8. The Morgan fingerprint density at radius 1 is 0.881 bits per heavy atom. The van der Waals surface area contributed by atoms with Crippen LogP contribution in [0.3, 0.4) is 0 Å². The molecule has 59 heavy (non-hydrogen) atoms. The van der Waals surface area contributed by atoms with Crippen molar-refractivity contribution in [2.45, 2.75) is 184 Å². The molecule has 15 nitrogen and oxygen atoms in total. The molecule has 0 aromatic heterocycles. The smallest absolute Gasteiger partial charge is 0.335 e. The van der Waals surface area contributed by atoms with Gasteiger partial charge in [-0.25, -0.2) is 9.59 Å². The topological polar surface area (TPSA) is 210 Å². The fraction of sp³-hybridized carbons (Fsp3) is 0.841. The summed E-state index contributed by atoms with van der Waals surface area (Å²) in [6.45, 7) is 4.60. The van der Waals surface area contributed by atoms with E-state index >= 15 is 0 Å². The number of nitrogens with two attached hydrogens (primary N) is 2. The first-order valence-electron chi connectivity index (χ1n) is 22.6. The number of rotatable bonds is 21. The van der Waals surface area contributed by atoms with E-state index in [2.05, 4.69) is 4.99 Å². The Morgan fingerprint density at radius 2 is 1.66 bits per heavy atom. The minimum atomic E-state index is -0.945. The van der Waals surface area contributed by atoms with Crippen LogP contribution >= 0.6 is 0 Å². The van der Waals surface area contributed by atoms with Gasteiger partial charge in [0.1, 0.15) is 17.9 Å². The molecule has 6 rings (SSSR count). The van der Waals surface area contributed by atoms with Gasteiger partial charge in [0.25, 0.3) is 0 Å². The van der Waals surface area contributed by atoms with Gasteiger partial charge in [0, 0.05) is 25.3 Å². The van der Waals surface area contributed by atoms with E-state index in [1.807, 2.05) is 12.2 Å². The predicted molar refractivity (Wildman–Crippen MR) is 216 cm³/mol. The Balaban J connectivity index is 1.03. The summed E-state index contributed by atoms with van der Waals surface area (Å²) in [5.41, 5.74) is 11.9. The summed E-state index contributed by atoms with van der Waals surface area (Å²) in [6.07, 6.45) is 13.8. The van der Waals surface area contributed by atoms with E-state index in [1.54, 1.807) is 13.8 Å². The number of ketones is 1. The number of ether oxygens (including phenoxy) is 8. The van der Waals surface area contributed by atoms with Gasteiger partial charge in [-0.3, -0.25) is 14.6 Å². The van der Waals surface area contributed by atoms with E-state index in [0.717, 1.165) is 44.4 Å². The van der Waals surface area contributed by atoms with Crippen LogP contribution in [0.2, 0.25) is 0 Å². The fourth-order valence-electron chi connectivity index (χ4n) is 9.64. The number of aliphatic imine (C=N–C) groups is 1. The molecule has 3 heterocycles. The molecule has 332 valence electrons. The Kier molecular flexibility index (Phi) is 17.6. The van der Waals surface area contributed by atoms with Crippen molar-refractivity contribution >= 4 is 29.5 Å². The van der Waals surface area contributed by atoms with Crippen molar-refractivity contribution in [2.24, 2.45) is 34.2 Å². The average Bonchev–Trinajstić information content (AvgIpc) is 4.01. The molecular weight excluding hydrogens is 762 g/mol. The highest BCUT2D eigenvalue weighted by molar-refractivity contribution is 5.89. The van der Waals surface area contributed by atoms with Crippen LogP contribution in [0, 0.1) is 17.8 Å². The number of amidine groups is 1. The van der Waals surface area contributed by atoms with E-state index < -0.39 is 54.4 Å². The first-order chi connectivity index (χ1) is 28.6. The van der Waals surface area contributed by atoms with Gasteiger partial charge in [-0.1, -0.05) is 50.7 Å². The number of esters is 3. The molecule has 6 aliphatic rings. The number of carbonyl (C=O) groups is 4. The number of nitrogens with zero attached hydrogens (tertiary/aromatic N) is 1. The third-order valence-corrected chi connectivity index (χ3v) is 12.8. The molecule has 15 heteroatoms. The van der Waals surface area contributed by atoms with Crippen LogP contribution in [0.15, 0.2) is 17.1 Å². The Bertz CT molecular complexity index is 1450. The highest BCUT2D eigenvalue weighted by Gasteiger charge is 2.57. The van der Waals surface area contributed by atoms with Crippen molar-refractivity contribution in [3.63, 3.8) is 0 Å². The molecular formula is C44H69N3O12. The molecule has 12 atom stereocenters. The van der Waals surface area contributed by atoms with Crippen molar-refractivity contribution in [3.05, 3.63) is 12.2 Å². The third kappa shape index (κ3) is 13.3. The minimum absolute atomic E-state index is 0.0130. The molecule has 0 aromatic rings. The normalized spacial score (nSPS) is 33.1. The van der Waals surface area contributed by atoms with Gasteiger partial charge in [-0.15, -0.1) is 0 Å². The molecule has 3 aliphatic heterocycles. The average molecular weight is 832 g/mol. The van der Waals surface area contributed by atoms with Gasteiger partial charge in [-0.05, 0) is 77.6 Å². The monoisotopic (exact) mass is 831 g/mol. The number of unbranched alkanes of at least 4 members (excludes halogenated alkanes) is 2. The lowest BCUT2D eigenvalue weighted by molar-refractivity contribution is -0.185. The Labute approximate surface area is 349 Å². The maximum Gasteiger partial charge on any atom is 0.335 e. The lowest BCUT2D eigenvalue weighted by Gasteiger charge is -2.40. The van der Waals surface area contributed by atoms with Gasteiger partial charge in [0.15, 0.2) is 12.2 Å². The molecule has 4 N–H and O–H groups in total. The largest absolute Gasteiger partial charge is 0.464 e. The summed E-state index contributed by atoms with van der Waals surface area (Å²) in [5.74, 6) is -1.01. The zero-order chi connectivity index (χ0) is 41.7. The van der Waals surface area contributed by atoms with Crippen LogP contribution < -0.4 is 11.5 Å². The van der Waals surface area contributed by atoms with Gasteiger partial charge in [0.2, 0.25) is 0 Å². The van der Waals surface area contributed by atoms with Crippen LogP contribution in [0.25, 0.3) is 0 Å². The molecule has 3 aliphatic carbocycles. The first-order valence-corrected chi connectivity index (χ1v) is 22.6. The van der Waals surface area contributed by atoms with Gasteiger partial charge in [-0.2, -0.15) is 0 Å². The van der Waals surface area contributed by atoms with Crippen molar-refractivity contribution in [3.8, 4) is 0 Å². The minimum Gasteiger partial charge on any atom is -0.464 e. The highest BCUT2D eigenvalue weighted by Crippen LogP contribution is 2.46. The summed E-state index contributed by atoms with van der Waals surface area (Å²) >= 11 is 0. The number of hydrogen-bond acceptors (Lipinski definition) is 14. The second-order valence-corrected chi connectivity index (χ2v) is 17.3. The predicted octanol–water partition coefficient (Wildman–Crippen LogP) is 4.43. The quantitative estimate of drug-likeness (QED) is 0.0312. The molecule has 0 bridgehead atoms. The maximum atomic E-state index is 13.6. The second-order valence-electron chi connectivity index (χ2n) is 17.3. The third-order valence-electron chi connectivity index (χ3n) is 12.8. The van der Waals surface area contributed by atoms with Crippen LogP contribution in [0.1, 0.15) is 123 Å². The molecule has 0 spiro atoms. The fourth-order valence-corrected chi connectivity index (χ4v) is 9.64. The van der Waals surface area contributed by atoms with E-state index in [4.69, 9.17) is 49.4 Å². The molecule has 5 fully saturated rings. The molecule has 0 amide bonds.